The minimum Gasteiger partial charge on any atom is -0.480 e. The molecule has 1 aliphatic heterocycles. The van der Waals surface area contributed by atoms with Gasteiger partial charge in [0.15, 0.2) is 9.84 Å². The molecule has 2 N–H and O–H groups in total. The van der Waals surface area contributed by atoms with Crippen LogP contribution in [0.4, 0.5) is 0 Å². The van der Waals surface area contributed by atoms with E-state index in [1.165, 1.54) is 0 Å². The van der Waals surface area contributed by atoms with Crippen LogP contribution in [0.1, 0.15) is 19.3 Å². The maximum absolute atomic E-state index is 11.2. The third-order valence-corrected chi connectivity index (χ3v) is 4.78. The van der Waals surface area contributed by atoms with E-state index in [4.69, 9.17) is 5.11 Å². The van der Waals surface area contributed by atoms with Crippen LogP contribution < -0.4 is 5.32 Å². The molecular formula is C9H15NO4S. The van der Waals surface area contributed by atoms with Crippen molar-refractivity contribution in [1.82, 2.24) is 5.32 Å². The first-order valence-electron chi connectivity index (χ1n) is 5.17. The van der Waals surface area contributed by atoms with Gasteiger partial charge < -0.3 is 10.4 Å². The lowest BCUT2D eigenvalue weighted by molar-refractivity contribution is -0.140. The van der Waals surface area contributed by atoms with Gasteiger partial charge in [0.1, 0.15) is 6.04 Å². The summed E-state index contributed by atoms with van der Waals surface area (Å²) in [6.07, 6.45) is 2.41. The molecule has 1 saturated heterocycles. The molecule has 15 heavy (non-hydrogen) atoms. The molecule has 0 spiro atoms. The van der Waals surface area contributed by atoms with Gasteiger partial charge in [-0.2, -0.15) is 0 Å². The highest BCUT2D eigenvalue weighted by Gasteiger charge is 2.39. The largest absolute Gasteiger partial charge is 0.480 e. The Bertz CT molecular complexity index is 360. The van der Waals surface area contributed by atoms with Crippen LogP contribution >= 0.6 is 0 Å². The van der Waals surface area contributed by atoms with E-state index in [0.29, 0.717) is 6.42 Å². The molecule has 2 rings (SSSR count). The molecule has 0 radical (unpaired) electrons. The summed E-state index contributed by atoms with van der Waals surface area (Å²) in [5.74, 6) is -0.391. The number of carboxylic acids is 1. The molecule has 1 saturated carbocycles. The van der Waals surface area contributed by atoms with Crippen LogP contribution in [0.2, 0.25) is 0 Å². The van der Waals surface area contributed by atoms with Gasteiger partial charge in [0, 0.05) is 6.04 Å². The molecule has 1 heterocycles. The molecule has 2 fully saturated rings. The predicted molar refractivity (Wildman–Crippen MR) is 54.3 cm³/mol. The zero-order chi connectivity index (χ0) is 11.1. The Hall–Kier alpha value is -0.620. The fraction of sp³-hybridized carbons (Fsp3) is 0.889. The molecule has 1 aliphatic carbocycles. The Labute approximate surface area is 88.8 Å². The van der Waals surface area contributed by atoms with Crippen molar-refractivity contribution in [2.24, 2.45) is 5.92 Å². The number of carbonyl (C=O) groups is 1. The quantitative estimate of drug-likeness (QED) is 0.692. The summed E-state index contributed by atoms with van der Waals surface area (Å²) in [7, 11) is -2.93. The zero-order valence-corrected chi connectivity index (χ0v) is 9.16. The molecule has 2 atom stereocenters. The van der Waals surface area contributed by atoms with E-state index in [2.05, 4.69) is 5.32 Å². The molecule has 2 unspecified atom stereocenters. The van der Waals surface area contributed by atoms with Crippen LogP contribution in [-0.4, -0.2) is 43.1 Å². The number of hydrogen-bond donors (Lipinski definition) is 2. The maximum atomic E-state index is 11.2. The molecule has 5 nitrogen and oxygen atoms in total. The Kier molecular flexibility index (Phi) is 2.72. The summed E-state index contributed by atoms with van der Waals surface area (Å²) in [6, 6.07) is -0.722. The normalized spacial score (nSPS) is 31.3. The average molecular weight is 233 g/mol. The van der Waals surface area contributed by atoms with Gasteiger partial charge in [-0.3, -0.25) is 4.79 Å². The van der Waals surface area contributed by atoms with E-state index in [1.54, 1.807) is 0 Å². The molecule has 0 aromatic rings. The zero-order valence-electron chi connectivity index (χ0n) is 8.35. The molecule has 0 aromatic carbocycles. The van der Waals surface area contributed by atoms with Gasteiger partial charge in [0.05, 0.1) is 11.5 Å². The summed E-state index contributed by atoms with van der Waals surface area (Å²) in [4.78, 5) is 10.9. The van der Waals surface area contributed by atoms with Gasteiger partial charge in [-0.05, 0) is 25.2 Å². The summed E-state index contributed by atoms with van der Waals surface area (Å²) in [6.45, 7) is 0. The van der Waals surface area contributed by atoms with Gasteiger partial charge in [-0.15, -0.1) is 0 Å². The monoisotopic (exact) mass is 233 g/mol. The van der Waals surface area contributed by atoms with Crippen LogP contribution in [0.3, 0.4) is 0 Å². The highest BCUT2D eigenvalue weighted by atomic mass is 32.2. The van der Waals surface area contributed by atoms with E-state index >= 15 is 0 Å². The predicted octanol–water partition coefficient (Wildman–Crippen LogP) is -0.374. The Morgan fingerprint density at radius 2 is 2.00 bits per heavy atom. The lowest BCUT2D eigenvalue weighted by Gasteiger charge is -2.17. The second-order valence-electron chi connectivity index (χ2n) is 4.42. The van der Waals surface area contributed by atoms with E-state index in [1.807, 2.05) is 0 Å². The van der Waals surface area contributed by atoms with Crippen LogP contribution in [0.15, 0.2) is 0 Å². The first kappa shape index (κ1) is 10.9. The fourth-order valence-electron chi connectivity index (χ4n) is 2.02. The highest BCUT2D eigenvalue weighted by Crippen LogP contribution is 2.33. The van der Waals surface area contributed by atoms with Gasteiger partial charge >= 0.3 is 5.97 Å². The smallest absolute Gasteiger partial charge is 0.320 e. The summed E-state index contributed by atoms with van der Waals surface area (Å²) < 4.78 is 22.4. The standard InChI is InChI=1S/C9H15NO4S/c11-9(12)8(6-1-2-6)10-7-3-4-15(13,14)5-7/h6-8,10H,1-5H2,(H,11,12). The number of sulfone groups is 1. The van der Waals surface area contributed by atoms with Gasteiger partial charge in [-0.1, -0.05) is 0 Å². The molecule has 0 aromatic heterocycles. The lowest BCUT2D eigenvalue weighted by atomic mass is 10.1. The van der Waals surface area contributed by atoms with Gasteiger partial charge in [0.2, 0.25) is 0 Å². The highest BCUT2D eigenvalue weighted by molar-refractivity contribution is 7.91. The van der Waals surface area contributed by atoms with Crippen molar-refractivity contribution < 1.29 is 18.3 Å². The Morgan fingerprint density at radius 3 is 2.40 bits per heavy atom. The van der Waals surface area contributed by atoms with Crippen molar-refractivity contribution in [2.45, 2.75) is 31.3 Å². The van der Waals surface area contributed by atoms with E-state index in [9.17, 15) is 13.2 Å². The Balaban J connectivity index is 1.93. The molecule has 0 amide bonds. The number of carboxylic acid groups (broad SMARTS) is 1. The van der Waals surface area contributed by atoms with E-state index in [-0.39, 0.29) is 23.5 Å². The molecular weight excluding hydrogens is 218 g/mol. The molecule has 0 bridgehead atoms. The molecule has 2 aliphatic rings. The average Bonchev–Trinajstić information content (AvgIpc) is 2.88. The molecule has 6 heteroatoms. The van der Waals surface area contributed by atoms with Gasteiger partial charge in [0.25, 0.3) is 0 Å². The number of rotatable bonds is 4. The van der Waals surface area contributed by atoms with Crippen LogP contribution in [-0.2, 0) is 14.6 Å². The van der Waals surface area contributed by atoms with Crippen molar-refractivity contribution in [3.63, 3.8) is 0 Å². The first-order valence-corrected chi connectivity index (χ1v) is 6.99. The third kappa shape index (κ3) is 2.69. The summed E-state index contributed by atoms with van der Waals surface area (Å²) >= 11 is 0. The summed E-state index contributed by atoms with van der Waals surface area (Å²) in [5, 5.41) is 11.9. The SMILES string of the molecule is O=C(O)C(NC1CCS(=O)(=O)C1)C1CC1. The van der Waals surface area contributed by atoms with Crippen molar-refractivity contribution >= 4 is 15.8 Å². The number of aliphatic carboxylic acids is 1. The van der Waals surface area contributed by atoms with Crippen molar-refractivity contribution in [3.05, 3.63) is 0 Å². The van der Waals surface area contributed by atoms with Gasteiger partial charge in [-0.25, -0.2) is 8.42 Å². The van der Waals surface area contributed by atoms with Crippen molar-refractivity contribution in [2.75, 3.05) is 11.5 Å². The van der Waals surface area contributed by atoms with Crippen LogP contribution in [0, 0.1) is 5.92 Å². The van der Waals surface area contributed by atoms with E-state index in [0.717, 1.165) is 12.8 Å². The maximum Gasteiger partial charge on any atom is 0.320 e. The lowest BCUT2D eigenvalue weighted by Crippen LogP contribution is -2.45. The number of hydrogen-bond acceptors (Lipinski definition) is 4. The third-order valence-electron chi connectivity index (χ3n) is 3.01. The molecule has 86 valence electrons. The van der Waals surface area contributed by atoms with E-state index < -0.39 is 21.8 Å². The minimum atomic E-state index is -2.93. The Morgan fingerprint density at radius 1 is 1.33 bits per heavy atom. The summed E-state index contributed by atoms with van der Waals surface area (Å²) in [5.41, 5.74) is 0. The van der Waals surface area contributed by atoms with Crippen LogP contribution in [0.5, 0.6) is 0 Å². The second-order valence-corrected chi connectivity index (χ2v) is 6.65. The first-order chi connectivity index (χ1) is 6.98. The van der Waals surface area contributed by atoms with Crippen molar-refractivity contribution in [3.8, 4) is 0 Å². The number of nitrogens with one attached hydrogen (secondary N) is 1. The topological polar surface area (TPSA) is 83.5 Å². The second kappa shape index (κ2) is 3.75. The minimum absolute atomic E-state index is 0.0868. The van der Waals surface area contributed by atoms with Crippen LogP contribution in [0.25, 0.3) is 0 Å². The van der Waals surface area contributed by atoms with Crippen molar-refractivity contribution in [1.29, 1.82) is 0 Å². The fourth-order valence-corrected chi connectivity index (χ4v) is 3.71.